The van der Waals surface area contributed by atoms with E-state index in [0.29, 0.717) is 22.2 Å². The van der Waals surface area contributed by atoms with E-state index in [9.17, 15) is 8.42 Å². The molecule has 9 heteroatoms. The van der Waals surface area contributed by atoms with Crippen molar-refractivity contribution in [2.45, 2.75) is 51.3 Å². The van der Waals surface area contributed by atoms with Crippen LogP contribution in [0, 0.1) is 0 Å². The van der Waals surface area contributed by atoms with Crippen molar-refractivity contribution < 1.29 is 22.6 Å². The van der Waals surface area contributed by atoms with Crippen LogP contribution >= 0.6 is 11.6 Å². The van der Waals surface area contributed by atoms with Crippen molar-refractivity contribution in [3.63, 3.8) is 0 Å². The van der Waals surface area contributed by atoms with Crippen molar-refractivity contribution in [1.29, 1.82) is 0 Å². The highest BCUT2D eigenvalue weighted by atomic mass is 35.5. The van der Waals surface area contributed by atoms with Gasteiger partial charge in [0.05, 0.1) is 31.0 Å². The first kappa shape index (κ1) is 27.9. The molecule has 1 aromatic heterocycles. The van der Waals surface area contributed by atoms with Crippen molar-refractivity contribution in [2.24, 2.45) is 0 Å². The molecule has 0 spiro atoms. The number of aromatic nitrogens is 1. The highest BCUT2D eigenvalue weighted by molar-refractivity contribution is 7.89. The average molecular weight is 533 g/mol. The van der Waals surface area contributed by atoms with Crippen molar-refractivity contribution >= 4 is 21.6 Å². The van der Waals surface area contributed by atoms with E-state index in [1.54, 1.807) is 33.3 Å². The van der Waals surface area contributed by atoms with E-state index >= 15 is 0 Å². The fourth-order valence-electron chi connectivity index (χ4n) is 3.77. The zero-order valence-electron chi connectivity index (χ0n) is 21.2. The molecule has 0 aliphatic heterocycles. The summed E-state index contributed by atoms with van der Waals surface area (Å²) in [5, 5.41) is -0.441. The minimum atomic E-state index is -3.86. The lowest BCUT2D eigenvalue weighted by atomic mass is 10.1. The Morgan fingerprint density at radius 1 is 0.833 bits per heavy atom. The second kappa shape index (κ2) is 12.5. The molecule has 2 aromatic carbocycles. The largest absolute Gasteiger partial charge is 0.497 e. The Hall–Kier alpha value is -2.65. The highest BCUT2D eigenvalue weighted by Crippen LogP contribution is 2.30. The van der Waals surface area contributed by atoms with Gasteiger partial charge in [-0.2, -0.15) is 4.31 Å². The predicted molar refractivity (Wildman–Crippen MR) is 142 cm³/mol. The van der Waals surface area contributed by atoms with Gasteiger partial charge >= 0.3 is 0 Å². The molecule has 0 fully saturated rings. The lowest BCUT2D eigenvalue weighted by molar-refractivity contribution is 0.00319. The fourth-order valence-corrected chi connectivity index (χ4v) is 5.52. The van der Waals surface area contributed by atoms with Gasteiger partial charge in [-0.3, -0.25) is 4.98 Å². The molecule has 1 heterocycles. The zero-order chi connectivity index (χ0) is 26.3. The smallest absolute Gasteiger partial charge is 0.220 e. The summed E-state index contributed by atoms with van der Waals surface area (Å²) in [6, 6.07) is 18.1. The molecule has 0 amide bonds. The van der Waals surface area contributed by atoms with E-state index in [0.717, 1.165) is 11.1 Å². The van der Waals surface area contributed by atoms with Gasteiger partial charge in [0, 0.05) is 19.3 Å². The summed E-state index contributed by atoms with van der Waals surface area (Å²) in [4.78, 5) is 4.36. The molecule has 0 saturated carbocycles. The number of methoxy groups -OCH3 is 2. The Morgan fingerprint density at radius 3 is 1.72 bits per heavy atom. The highest BCUT2D eigenvalue weighted by Gasteiger charge is 2.37. The summed E-state index contributed by atoms with van der Waals surface area (Å²) in [5.41, 5.74) is 2.19. The molecule has 2 atom stereocenters. The van der Waals surface area contributed by atoms with E-state index in [1.165, 1.54) is 10.5 Å². The average Bonchev–Trinajstić information content (AvgIpc) is 2.87. The maximum atomic E-state index is 14.1. The Morgan fingerprint density at radius 2 is 1.33 bits per heavy atom. The van der Waals surface area contributed by atoms with Gasteiger partial charge in [0.2, 0.25) is 10.0 Å². The number of benzene rings is 2. The van der Waals surface area contributed by atoms with E-state index < -0.39 is 21.4 Å². The van der Waals surface area contributed by atoms with Gasteiger partial charge in [0.1, 0.15) is 22.9 Å². The molecule has 0 N–H and O–H groups in total. The van der Waals surface area contributed by atoms with Crippen molar-refractivity contribution in [3.8, 4) is 11.5 Å². The van der Waals surface area contributed by atoms with Crippen LogP contribution in [-0.2, 0) is 27.8 Å². The minimum absolute atomic E-state index is 0.186. The van der Waals surface area contributed by atoms with E-state index in [2.05, 4.69) is 4.98 Å². The van der Waals surface area contributed by atoms with Gasteiger partial charge in [-0.1, -0.05) is 35.9 Å². The third kappa shape index (κ3) is 7.20. The maximum Gasteiger partial charge on any atom is 0.220 e. The normalized spacial score (nSPS) is 13.6. The van der Waals surface area contributed by atoms with E-state index in [1.807, 2.05) is 62.4 Å². The van der Waals surface area contributed by atoms with Crippen LogP contribution in [0.25, 0.3) is 0 Å². The molecule has 0 saturated heterocycles. The molecule has 0 bridgehead atoms. The second-order valence-electron chi connectivity index (χ2n) is 8.72. The Balaban J connectivity index is 1.98. The third-order valence-electron chi connectivity index (χ3n) is 5.75. The topological polar surface area (TPSA) is 78.0 Å². The van der Waals surface area contributed by atoms with Gasteiger partial charge in [-0.25, -0.2) is 8.42 Å². The standard InChI is InChI=1S/C27H33ClN2O5S/c1-19(2)35-27(26-15-10-23(28)16-29-26)20(3)36(31,32)30(17-21-6-11-24(33-4)12-7-21)18-22-8-13-25(34-5)14-9-22/h6-16,19-20,27H,17-18H2,1-5H3/t20-,27+/m0/s1. The Kier molecular flexibility index (Phi) is 9.73. The summed E-state index contributed by atoms with van der Waals surface area (Å²) in [5.74, 6) is 1.41. The van der Waals surface area contributed by atoms with Crippen molar-refractivity contribution in [1.82, 2.24) is 9.29 Å². The first-order valence-electron chi connectivity index (χ1n) is 11.7. The summed E-state index contributed by atoms with van der Waals surface area (Å²) in [7, 11) is -0.671. The van der Waals surface area contributed by atoms with Crippen LogP contribution in [0.4, 0.5) is 0 Å². The van der Waals surface area contributed by atoms with Crippen LogP contribution in [-0.4, -0.2) is 43.3 Å². The van der Waals surface area contributed by atoms with Crippen LogP contribution in [0.5, 0.6) is 11.5 Å². The molecule has 0 aliphatic carbocycles. The third-order valence-corrected chi connectivity index (χ3v) is 8.14. The molecule has 194 valence electrons. The predicted octanol–water partition coefficient (Wildman–Crippen LogP) is 5.64. The quantitative estimate of drug-likeness (QED) is 0.300. The fraction of sp³-hybridized carbons (Fsp3) is 0.370. The minimum Gasteiger partial charge on any atom is -0.497 e. The Bertz CT molecular complexity index is 1150. The Labute approximate surface area is 219 Å². The van der Waals surface area contributed by atoms with Gasteiger partial charge in [0.15, 0.2) is 0 Å². The number of pyridine rings is 1. The number of rotatable bonds is 12. The van der Waals surface area contributed by atoms with Gasteiger partial charge in [0.25, 0.3) is 0 Å². The molecular formula is C27H33ClN2O5S. The van der Waals surface area contributed by atoms with Crippen LogP contribution in [0.2, 0.25) is 5.02 Å². The molecular weight excluding hydrogens is 500 g/mol. The second-order valence-corrected chi connectivity index (χ2v) is 11.4. The number of nitrogens with zero attached hydrogens (tertiary/aromatic N) is 2. The van der Waals surface area contributed by atoms with Gasteiger partial charge < -0.3 is 14.2 Å². The molecule has 3 rings (SSSR count). The van der Waals surface area contributed by atoms with Crippen molar-refractivity contribution in [2.75, 3.05) is 14.2 Å². The SMILES string of the molecule is COc1ccc(CN(Cc2ccc(OC)cc2)S(=O)(=O)[C@@H](C)[C@@H](OC(C)C)c2ccc(Cl)cn2)cc1. The molecule has 0 unspecified atom stereocenters. The zero-order valence-corrected chi connectivity index (χ0v) is 22.8. The molecule has 0 radical (unpaired) electrons. The first-order chi connectivity index (χ1) is 17.1. The lowest BCUT2D eigenvalue weighted by Gasteiger charge is -2.31. The van der Waals surface area contributed by atoms with Crippen LogP contribution < -0.4 is 9.47 Å². The molecule has 0 aliphatic rings. The summed E-state index contributed by atoms with van der Waals surface area (Å²) >= 11 is 6.02. The summed E-state index contributed by atoms with van der Waals surface area (Å²) < 4.78 is 46.2. The van der Waals surface area contributed by atoms with E-state index in [-0.39, 0.29) is 19.2 Å². The van der Waals surface area contributed by atoms with Crippen molar-refractivity contribution in [3.05, 3.63) is 88.7 Å². The van der Waals surface area contributed by atoms with Crippen LogP contribution in [0.1, 0.15) is 43.7 Å². The monoisotopic (exact) mass is 532 g/mol. The van der Waals surface area contributed by atoms with Gasteiger partial charge in [-0.05, 0) is 68.3 Å². The number of hydrogen-bond donors (Lipinski definition) is 0. The number of sulfonamides is 1. The van der Waals surface area contributed by atoms with Gasteiger partial charge in [-0.15, -0.1) is 0 Å². The van der Waals surface area contributed by atoms with E-state index in [4.69, 9.17) is 25.8 Å². The van der Waals surface area contributed by atoms with Crippen LogP contribution in [0.3, 0.4) is 0 Å². The molecule has 3 aromatic rings. The number of hydrogen-bond acceptors (Lipinski definition) is 6. The summed E-state index contributed by atoms with van der Waals surface area (Å²) in [6.07, 6.45) is 0.516. The first-order valence-corrected chi connectivity index (χ1v) is 13.5. The maximum absolute atomic E-state index is 14.1. The lowest BCUT2D eigenvalue weighted by Crippen LogP contribution is -2.41. The number of ether oxygens (including phenoxy) is 3. The molecule has 7 nitrogen and oxygen atoms in total. The summed E-state index contributed by atoms with van der Waals surface area (Å²) in [6.45, 7) is 5.77. The number of halogens is 1. The van der Waals surface area contributed by atoms with Crippen LogP contribution in [0.15, 0.2) is 66.9 Å². The molecule has 36 heavy (non-hydrogen) atoms.